The number of nitro groups is 1. The summed E-state index contributed by atoms with van der Waals surface area (Å²) in [4.78, 5) is 22.6. The summed E-state index contributed by atoms with van der Waals surface area (Å²) in [6.07, 6.45) is 0. The van der Waals surface area contributed by atoms with Crippen LogP contribution < -0.4 is 20.7 Å². The molecule has 4 N–H and O–H groups in total. The number of ether oxygens (including phenoxy) is 1. The number of aliphatic hydroxyl groups excluding tert-OH is 1. The van der Waals surface area contributed by atoms with E-state index >= 15 is 0 Å². The zero-order valence-corrected chi connectivity index (χ0v) is 15.2. The lowest BCUT2D eigenvalue weighted by Gasteiger charge is -2.13. The molecule has 2 aromatic rings. The number of methoxy groups -OCH3 is 1. The maximum atomic E-state index is 12.2. The van der Waals surface area contributed by atoms with Gasteiger partial charge in [-0.25, -0.2) is 0 Å². The van der Waals surface area contributed by atoms with E-state index in [-0.39, 0.29) is 31.3 Å². The number of carbonyl (C=O) groups excluding carboxylic acids is 1. The minimum atomic E-state index is -0.527. The fourth-order valence-corrected chi connectivity index (χ4v) is 2.52. The van der Waals surface area contributed by atoms with Crippen LogP contribution in [0.15, 0.2) is 36.4 Å². The number of halogens is 1. The smallest absolute Gasteiger partial charge is 0.271 e. The Kier molecular flexibility index (Phi) is 7.21. The molecule has 0 bridgehead atoms. The second-order valence-corrected chi connectivity index (χ2v) is 5.80. The topological polar surface area (TPSA) is 126 Å². The molecule has 0 spiro atoms. The molecule has 0 aliphatic heterocycles. The maximum Gasteiger partial charge on any atom is 0.271 e. The van der Waals surface area contributed by atoms with Crippen molar-refractivity contribution in [2.45, 2.75) is 0 Å². The number of non-ortho nitro benzene ring substituents is 1. The minimum absolute atomic E-state index is 0.102. The van der Waals surface area contributed by atoms with Crippen LogP contribution in [-0.2, 0) is 4.79 Å². The van der Waals surface area contributed by atoms with Crippen LogP contribution in [0.3, 0.4) is 0 Å². The molecule has 9 nitrogen and oxygen atoms in total. The Morgan fingerprint density at radius 2 is 2.00 bits per heavy atom. The number of nitrogens with one attached hydrogen (secondary N) is 3. The molecule has 0 saturated carbocycles. The number of rotatable bonds is 9. The summed E-state index contributed by atoms with van der Waals surface area (Å²) in [5.41, 5.74) is 1.29. The highest BCUT2D eigenvalue weighted by molar-refractivity contribution is 6.32. The van der Waals surface area contributed by atoms with Gasteiger partial charge in [0.15, 0.2) is 0 Å². The van der Waals surface area contributed by atoms with Gasteiger partial charge < -0.3 is 25.8 Å². The van der Waals surface area contributed by atoms with E-state index in [9.17, 15) is 14.9 Å². The molecule has 0 aromatic heterocycles. The first-order valence-corrected chi connectivity index (χ1v) is 8.33. The number of nitrogens with zero attached hydrogens (tertiary/aromatic N) is 1. The van der Waals surface area contributed by atoms with E-state index in [1.165, 1.54) is 25.3 Å². The molecule has 144 valence electrons. The number of carbonyl (C=O) groups is 1. The average molecular weight is 395 g/mol. The van der Waals surface area contributed by atoms with Crippen molar-refractivity contribution in [2.75, 3.05) is 42.8 Å². The molecule has 0 aliphatic carbocycles. The quantitative estimate of drug-likeness (QED) is 0.380. The van der Waals surface area contributed by atoms with E-state index in [1.54, 1.807) is 18.2 Å². The average Bonchev–Trinajstić information content (AvgIpc) is 2.65. The van der Waals surface area contributed by atoms with Gasteiger partial charge in [-0.2, -0.15) is 0 Å². The van der Waals surface area contributed by atoms with Gasteiger partial charge in [-0.15, -0.1) is 0 Å². The molecule has 0 aliphatic rings. The molecular weight excluding hydrogens is 376 g/mol. The molecule has 27 heavy (non-hydrogen) atoms. The van der Waals surface area contributed by atoms with E-state index in [2.05, 4.69) is 16.0 Å². The molecular formula is C17H19ClN4O5. The van der Waals surface area contributed by atoms with Crippen molar-refractivity contribution in [3.05, 3.63) is 51.5 Å². The minimum Gasteiger partial charge on any atom is -0.495 e. The van der Waals surface area contributed by atoms with Crippen molar-refractivity contribution < 1.29 is 19.6 Å². The zero-order chi connectivity index (χ0) is 19.8. The third kappa shape index (κ3) is 5.73. The Labute approximate surface area is 160 Å². The van der Waals surface area contributed by atoms with Crippen LogP contribution in [0.2, 0.25) is 5.02 Å². The van der Waals surface area contributed by atoms with Gasteiger partial charge in [0, 0.05) is 24.4 Å². The second-order valence-electron chi connectivity index (χ2n) is 5.39. The Hall–Kier alpha value is -3.04. The summed E-state index contributed by atoms with van der Waals surface area (Å²) in [6.45, 7) is 0.0385. The molecule has 0 heterocycles. The van der Waals surface area contributed by atoms with Crippen LogP contribution in [0.5, 0.6) is 5.75 Å². The van der Waals surface area contributed by atoms with Crippen molar-refractivity contribution in [1.29, 1.82) is 0 Å². The highest BCUT2D eigenvalue weighted by Gasteiger charge is 2.12. The predicted octanol–water partition coefficient (Wildman–Crippen LogP) is 2.71. The first kappa shape index (κ1) is 20.3. The molecule has 1 amide bonds. The SMILES string of the molecule is COc1ccc(NC(=O)CNc2cc([N+](=O)[O-])ccc2NCCO)cc1Cl. The first-order chi connectivity index (χ1) is 12.9. The van der Waals surface area contributed by atoms with Gasteiger partial charge in [-0.3, -0.25) is 14.9 Å². The van der Waals surface area contributed by atoms with Gasteiger partial charge in [0.1, 0.15) is 5.75 Å². The third-order valence-corrected chi connectivity index (χ3v) is 3.81. The van der Waals surface area contributed by atoms with E-state index in [4.69, 9.17) is 21.4 Å². The zero-order valence-electron chi connectivity index (χ0n) is 14.5. The number of amides is 1. The first-order valence-electron chi connectivity index (χ1n) is 7.95. The summed E-state index contributed by atoms with van der Waals surface area (Å²) in [6, 6.07) is 8.99. The lowest BCUT2D eigenvalue weighted by atomic mass is 10.2. The Morgan fingerprint density at radius 3 is 2.63 bits per heavy atom. The fraction of sp³-hybridized carbons (Fsp3) is 0.235. The van der Waals surface area contributed by atoms with Crippen LogP contribution in [0, 0.1) is 10.1 Å². The van der Waals surface area contributed by atoms with Crippen LogP contribution in [-0.4, -0.2) is 42.7 Å². The Balaban J connectivity index is 2.05. The van der Waals surface area contributed by atoms with Crippen LogP contribution in [0.1, 0.15) is 0 Å². The van der Waals surface area contributed by atoms with E-state index in [1.807, 2.05) is 0 Å². The molecule has 2 aromatic carbocycles. The van der Waals surface area contributed by atoms with Crippen molar-refractivity contribution in [2.24, 2.45) is 0 Å². The summed E-state index contributed by atoms with van der Waals surface area (Å²) >= 11 is 6.02. The summed E-state index contributed by atoms with van der Waals surface area (Å²) in [5, 5.41) is 28.7. The largest absolute Gasteiger partial charge is 0.495 e. The molecule has 2 rings (SSSR count). The number of hydrogen-bond acceptors (Lipinski definition) is 7. The van der Waals surface area contributed by atoms with Gasteiger partial charge in [-0.05, 0) is 24.3 Å². The number of aliphatic hydroxyl groups is 1. The molecule has 0 radical (unpaired) electrons. The number of anilines is 3. The summed E-state index contributed by atoms with van der Waals surface area (Å²) in [5.74, 6) is 0.125. The predicted molar refractivity (Wildman–Crippen MR) is 104 cm³/mol. The van der Waals surface area contributed by atoms with E-state index in [0.29, 0.717) is 27.8 Å². The molecule has 0 saturated heterocycles. The van der Waals surface area contributed by atoms with Gasteiger partial charge in [0.25, 0.3) is 5.69 Å². The highest BCUT2D eigenvalue weighted by atomic mass is 35.5. The summed E-state index contributed by atoms with van der Waals surface area (Å²) in [7, 11) is 1.49. The fourth-order valence-electron chi connectivity index (χ4n) is 2.26. The molecule has 10 heteroatoms. The van der Waals surface area contributed by atoms with Crippen LogP contribution in [0.25, 0.3) is 0 Å². The molecule has 0 unspecified atom stereocenters. The van der Waals surface area contributed by atoms with Crippen LogP contribution in [0.4, 0.5) is 22.7 Å². The number of hydrogen-bond donors (Lipinski definition) is 4. The third-order valence-electron chi connectivity index (χ3n) is 3.52. The summed E-state index contributed by atoms with van der Waals surface area (Å²) < 4.78 is 5.05. The van der Waals surface area contributed by atoms with Crippen molar-refractivity contribution in [3.8, 4) is 5.75 Å². The molecule has 0 atom stereocenters. The normalized spacial score (nSPS) is 10.2. The lowest BCUT2D eigenvalue weighted by molar-refractivity contribution is -0.384. The van der Waals surface area contributed by atoms with Crippen molar-refractivity contribution in [3.63, 3.8) is 0 Å². The van der Waals surface area contributed by atoms with E-state index in [0.717, 1.165) is 0 Å². The number of nitro benzene ring substituents is 1. The Morgan fingerprint density at radius 1 is 1.22 bits per heavy atom. The van der Waals surface area contributed by atoms with Crippen LogP contribution >= 0.6 is 11.6 Å². The second kappa shape index (κ2) is 9.60. The van der Waals surface area contributed by atoms with Gasteiger partial charge in [0.2, 0.25) is 5.91 Å². The van der Waals surface area contributed by atoms with Gasteiger partial charge in [-0.1, -0.05) is 11.6 Å². The standard InChI is InChI=1S/C17H19ClN4O5/c1-27-16-5-2-11(8-13(16)18)21-17(24)10-20-15-9-12(22(25)26)3-4-14(15)19-6-7-23/h2-5,8-9,19-20,23H,6-7,10H2,1H3,(H,21,24). The lowest BCUT2D eigenvalue weighted by Crippen LogP contribution is -2.22. The van der Waals surface area contributed by atoms with Crippen molar-refractivity contribution in [1.82, 2.24) is 0 Å². The maximum absolute atomic E-state index is 12.2. The monoisotopic (exact) mass is 394 g/mol. The number of benzene rings is 2. The van der Waals surface area contributed by atoms with Crippen molar-refractivity contribution >= 4 is 40.3 Å². The highest BCUT2D eigenvalue weighted by Crippen LogP contribution is 2.28. The molecule has 0 fully saturated rings. The van der Waals surface area contributed by atoms with E-state index < -0.39 is 4.92 Å². The van der Waals surface area contributed by atoms with Gasteiger partial charge >= 0.3 is 0 Å². The van der Waals surface area contributed by atoms with Gasteiger partial charge in [0.05, 0.1) is 41.6 Å². The Bertz CT molecular complexity index is 831.